The Morgan fingerprint density at radius 2 is 1.95 bits per heavy atom. The number of fused-ring (bicyclic) bond motifs is 1. The maximum atomic E-state index is 15.3. The summed E-state index contributed by atoms with van der Waals surface area (Å²) in [6.07, 6.45) is 6.22. The zero-order valence-corrected chi connectivity index (χ0v) is 24.9. The number of carbonyl (C=O) groups excluding carboxylic acids is 1. The molecule has 1 aliphatic carbocycles. The molecule has 10 nitrogen and oxygen atoms in total. The van der Waals surface area contributed by atoms with Crippen molar-refractivity contribution in [2.45, 2.75) is 45.6 Å². The fraction of sp³-hybridized carbons (Fsp3) is 0.406. The van der Waals surface area contributed by atoms with Crippen LogP contribution in [0.2, 0.25) is 0 Å². The van der Waals surface area contributed by atoms with Crippen LogP contribution in [0.3, 0.4) is 0 Å². The molecule has 6 rings (SSSR count). The number of carbonyl (C=O) groups is 1. The van der Waals surface area contributed by atoms with E-state index >= 15 is 4.39 Å². The first-order valence-electron chi connectivity index (χ1n) is 14.3. The zero-order valence-electron chi connectivity index (χ0n) is 24.9. The predicted molar refractivity (Wildman–Crippen MR) is 162 cm³/mol. The molecule has 4 aromatic rings. The summed E-state index contributed by atoms with van der Waals surface area (Å²) in [5.74, 6) is -0.940. The van der Waals surface area contributed by atoms with Gasteiger partial charge in [-0.3, -0.25) is 14.4 Å². The molecule has 43 heavy (non-hydrogen) atoms. The van der Waals surface area contributed by atoms with Crippen LogP contribution in [0.15, 0.2) is 52.4 Å². The van der Waals surface area contributed by atoms with Crippen LogP contribution in [0.5, 0.6) is 0 Å². The van der Waals surface area contributed by atoms with Crippen molar-refractivity contribution < 1.29 is 14.3 Å². The number of halogens is 1. The van der Waals surface area contributed by atoms with Gasteiger partial charge in [-0.2, -0.15) is 9.78 Å². The second-order valence-corrected chi connectivity index (χ2v) is 13.0. The topological polar surface area (TPSA) is 122 Å². The van der Waals surface area contributed by atoms with E-state index < -0.39 is 18.0 Å². The minimum Gasteiger partial charge on any atom is -0.392 e. The number of rotatable bonds is 5. The Hall–Kier alpha value is -4.22. The minimum absolute atomic E-state index is 0.0142. The Morgan fingerprint density at radius 3 is 2.63 bits per heavy atom. The van der Waals surface area contributed by atoms with E-state index in [1.54, 1.807) is 31.4 Å². The van der Waals surface area contributed by atoms with Gasteiger partial charge >= 0.3 is 0 Å². The first-order chi connectivity index (χ1) is 20.3. The van der Waals surface area contributed by atoms with Crippen molar-refractivity contribution in [3.8, 4) is 16.9 Å². The molecule has 3 aromatic heterocycles. The number of anilines is 1. The smallest absolute Gasteiger partial charge is 0.283 e. The van der Waals surface area contributed by atoms with Crippen molar-refractivity contribution in [3.63, 3.8) is 0 Å². The number of hydrogen-bond acceptors (Lipinski definition) is 7. The maximum absolute atomic E-state index is 15.3. The summed E-state index contributed by atoms with van der Waals surface area (Å²) >= 11 is 0. The summed E-state index contributed by atoms with van der Waals surface area (Å²) in [6, 6.07) is 6.33. The third kappa shape index (κ3) is 4.96. The Bertz CT molecular complexity index is 1910. The number of aliphatic hydroxyl groups excluding tert-OH is 1. The highest BCUT2D eigenvalue weighted by Crippen LogP contribution is 2.58. The Labute approximate surface area is 247 Å². The molecule has 1 saturated carbocycles. The van der Waals surface area contributed by atoms with Gasteiger partial charge < -0.3 is 19.9 Å². The van der Waals surface area contributed by atoms with Gasteiger partial charge in [0.15, 0.2) is 5.82 Å². The minimum atomic E-state index is -0.709. The van der Waals surface area contributed by atoms with E-state index in [9.17, 15) is 19.5 Å². The summed E-state index contributed by atoms with van der Waals surface area (Å²) in [7, 11) is 3.63. The summed E-state index contributed by atoms with van der Waals surface area (Å²) in [5.41, 5.74) is 0.699. The lowest BCUT2D eigenvalue weighted by Crippen LogP contribution is -2.27. The van der Waals surface area contributed by atoms with Crippen molar-refractivity contribution in [2.75, 3.05) is 25.5 Å². The number of nitrogens with zero attached hydrogens (tertiary/aromatic N) is 5. The number of aliphatic hydroxyl groups is 1. The van der Waals surface area contributed by atoms with Crippen molar-refractivity contribution in [1.29, 1.82) is 0 Å². The molecule has 4 heterocycles. The molecule has 1 saturated heterocycles. The van der Waals surface area contributed by atoms with Gasteiger partial charge in [0.2, 0.25) is 5.91 Å². The van der Waals surface area contributed by atoms with Gasteiger partial charge in [-0.25, -0.2) is 9.37 Å². The van der Waals surface area contributed by atoms with Gasteiger partial charge in [0.1, 0.15) is 11.5 Å². The van der Waals surface area contributed by atoms with E-state index in [0.29, 0.717) is 16.5 Å². The normalized spacial score (nSPS) is 20.2. The lowest BCUT2D eigenvalue weighted by Gasteiger charge is -2.20. The molecule has 0 radical (unpaired) electrons. The SMILES string of the molecule is CN1CC[C@@]2(C[C@H]2C(=O)Nc2cc(-c3ccnc(-n4ncc5cc(C(C)(C)C)cc(F)c5c4=O)c3CO)cn(C)c2=O)C1. The number of hydrogen-bond donors (Lipinski definition) is 2. The number of benzene rings is 1. The standard InChI is InChI=1S/C32H35FN6O4/c1-31(2,3)20-10-18-14-35-39(30(43)26(18)24(33)12-20)27-22(16-40)21(6-8-34-27)19-11-25(29(42)38(5)15-19)36-28(41)23-13-32(23)7-9-37(4)17-32/h6,8,10-12,14-15,23,40H,7,9,13,16-17H2,1-5H3,(H,36,41)/t23-,32+/m0/s1. The van der Waals surface area contributed by atoms with Crippen LogP contribution in [-0.4, -0.2) is 55.4 Å². The Balaban J connectivity index is 1.39. The molecule has 1 aliphatic heterocycles. The molecule has 224 valence electrons. The second kappa shape index (κ2) is 10.2. The number of likely N-dealkylation sites (tertiary alicyclic amines) is 1. The van der Waals surface area contributed by atoms with Gasteiger partial charge in [-0.1, -0.05) is 20.8 Å². The molecular weight excluding hydrogens is 551 g/mol. The average molecular weight is 587 g/mol. The molecule has 1 aromatic carbocycles. The number of pyridine rings is 2. The molecule has 2 N–H and O–H groups in total. The number of nitrogens with one attached hydrogen (secondary N) is 1. The van der Waals surface area contributed by atoms with Gasteiger partial charge in [-0.15, -0.1) is 0 Å². The van der Waals surface area contributed by atoms with Gasteiger partial charge in [0.25, 0.3) is 11.1 Å². The van der Waals surface area contributed by atoms with E-state index in [0.717, 1.165) is 36.2 Å². The molecule has 2 atom stereocenters. The fourth-order valence-electron chi connectivity index (χ4n) is 6.35. The maximum Gasteiger partial charge on any atom is 0.283 e. The predicted octanol–water partition coefficient (Wildman–Crippen LogP) is 3.36. The lowest BCUT2D eigenvalue weighted by molar-refractivity contribution is -0.118. The summed E-state index contributed by atoms with van der Waals surface area (Å²) < 4.78 is 17.6. The third-order valence-corrected chi connectivity index (χ3v) is 8.93. The molecule has 0 bridgehead atoms. The number of aryl methyl sites for hydroxylation is 1. The summed E-state index contributed by atoms with van der Waals surface area (Å²) in [4.78, 5) is 46.3. The highest BCUT2D eigenvalue weighted by molar-refractivity contribution is 5.95. The Morgan fingerprint density at radius 1 is 1.19 bits per heavy atom. The lowest BCUT2D eigenvalue weighted by atomic mass is 9.86. The van der Waals surface area contributed by atoms with Gasteiger partial charge in [-0.05, 0) is 72.7 Å². The molecule has 11 heteroatoms. The van der Waals surface area contributed by atoms with E-state index in [4.69, 9.17) is 0 Å². The number of aromatic nitrogens is 4. The average Bonchev–Trinajstić information content (AvgIpc) is 3.53. The van der Waals surface area contributed by atoms with Crippen molar-refractivity contribution in [2.24, 2.45) is 18.4 Å². The van der Waals surface area contributed by atoms with Crippen LogP contribution < -0.4 is 16.4 Å². The van der Waals surface area contributed by atoms with Crippen molar-refractivity contribution in [3.05, 3.63) is 80.5 Å². The van der Waals surface area contributed by atoms with E-state index in [1.165, 1.54) is 23.0 Å². The first-order valence-corrected chi connectivity index (χ1v) is 14.3. The van der Waals surface area contributed by atoms with Crippen LogP contribution in [0.1, 0.15) is 44.7 Å². The van der Waals surface area contributed by atoms with Crippen LogP contribution >= 0.6 is 0 Å². The summed E-state index contributed by atoms with van der Waals surface area (Å²) in [6.45, 7) is 7.18. The molecule has 0 unspecified atom stereocenters. The van der Waals surface area contributed by atoms with Gasteiger partial charge in [0, 0.05) is 48.4 Å². The van der Waals surface area contributed by atoms with Crippen LogP contribution in [0, 0.1) is 17.2 Å². The van der Waals surface area contributed by atoms with Gasteiger partial charge in [0.05, 0.1) is 18.2 Å². The first kappa shape index (κ1) is 28.9. The monoisotopic (exact) mass is 586 g/mol. The van der Waals surface area contributed by atoms with Crippen molar-refractivity contribution >= 4 is 22.4 Å². The summed E-state index contributed by atoms with van der Waals surface area (Å²) in [5, 5.41) is 17.8. The highest BCUT2D eigenvalue weighted by atomic mass is 19.1. The van der Waals surface area contributed by atoms with E-state index in [1.807, 2.05) is 27.8 Å². The molecular formula is C32H35FN6O4. The quantitative estimate of drug-likeness (QED) is 0.368. The number of amides is 1. The fourth-order valence-corrected chi connectivity index (χ4v) is 6.35. The zero-order chi connectivity index (χ0) is 30.8. The largest absolute Gasteiger partial charge is 0.392 e. The van der Waals surface area contributed by atoms with E-state index in [2.05, 4.69) is 20.3 Å². The molecule has 1 amide bonds. The van der Waals surface area contributed by atoms with Crippen LogP contribution in [0.25, 0.3) is 27.7 Å². The molecule has 1 spiro atoms. The van der Waals surface area contributed by atoms with E-state index in [-0.39, 0.29) is 50.7 Å². The van der Waals surface area contributed by atoms with Crippen LogP contribution in [0.4, 0.5) is 10.1 Å². The second-order valence-electron chi connectivity index (χ2n) is 13.0. The van der Waals surface area contributed by atoms with Crippen molar-refractivity contribution in [1.82, 2.24) is 24.2 Å². The molecule has 2 fully saturated rings. The van der Waals surface area contributed by atoms with Crippen LogP contribution in [-0.2, 0) is 23.9 Å². The third-order valence-electron chi connectivity index (χ3n) is 8.93. The Kier molecular flexibility index (Phi) is 6.85. The molecule has 2 aliphatic rings. The highest BCUT2D eigenvalue weighted by Gasteiger charge is 2.60.